The Morgan fingerprint density at radius 3 is 2.70 bits per heavy atom. The Balaban J connectivity index is 1.51. The average Bonchev–Trinajstić information content (AvgIpc) is 3.12. The van der Waals surface area contributed by atoms with Gasteiger partial charge in [0.15, 0.2) is 11.5 Å². The molecule has 2 N–H and O–H groups in total. The zero-order valence-electron chi connectivity index (χ0n) is 13.8. The lowest BCUT2D eigenvalue weighted by Crippen LogP contribution is -2.13. The summed E-state index contributed by atoms with van der Waals surface area (Å²) in [4.78, 5) is 16.5. The van der Waals surface area contributed by atoms with E-state index in [1.165, 1.54) is 18.3 Å². The van der Waals surface area contributed by atoms with Crippen molar-refractivity contribution in [2.45, 2.75) is 0 Å². The van der Waals surface area contributed by atoms with Crippen LogP contribution in [0.1, 0.15) is 10.4 Å². The molecule has 27 heavy (non-hydrogen) atoms. The zero-order chi connectivity index (χ0) is 18.8. The van der Waals surface area contributed by atoms with Crippen LogP contribution in [-0.4, -0.2) is 17.7 Å². The van der Waals surface area contributed by atoms with Crippen molar-refractivity contribution >= 4 is 23.1 Å². The zero-order valence-corrected chi connectivity index (χ0v) is 13.8. The van der Waals surface area contributed by atoms with E-state index in [1.807, 2.05) is 0 Å². The first-order valence-electron chi connectivity index (χ1n) is 7.97. The van der Waals surface area contributed by atoms with Crippen molar-refractivity contribution in [3.63, 3.8) is 0 Å². The van der Waals surface area contributed by atoms with Crippen LogP contribution in [-0.2, 0) is 0 Å². The maximum atomic E-state index is 13.7. The van der Waals surface area contributed by atoms with Gasteiger partial charge in [0.1, 0.15) is 17.5 Å². The molecule has 2 heterocycles. The van der Waals surface area contributed by atoms with Crippen molar-refractivity contribution in [1.29, 1.82) is 0 Å². The molecule has 1 amide bonds. The summed E-state index contributed by atoms with van der Waals surface area (Å²) in [6.45, 7) is 0.173. The number of ether oxygens (including phenoxy) is 2. The Hall–Kier alpha value is -3.68. The number of nitrogens with zero attached hydrogens (tertiary/aromatic N) is 1. The second-order valence-corrected chi connectivity index (χ2v) is 5.70. The van der Waals surface area contributed by atoms with E-state index in [0.29, 0.717) is 29.1 Å². The van der Waals surface area contributed by atoms with Gasteiger partial charge >= 0.3 is 0 Å². The second kappa shape index (κ2) is 6.91. The van der Waals surface area contributed by atoms with E-state index in [4.69, 9.17) is 9.47 Å². The fourth-order valence-corrected chi connectivity index (χ4v) is 2.55. The van der Waals surface area contributed by atoms with Crippen molar-refractivity contribution in [2.24, 2.45) is 0 Å². The number of carbonyl (C=O) groups is 1. The van der Waals surface area contributed by atoms with Crippen LogP contribution in [0.4, 0.5) is 26.0 Å². The Morgan fingerprint density at radius 1 is 1.00 bits per heavy atom. The van der Waals surface area contributed by atoms with E-state index in [1.54, 1.807) is 18.2 Å². The third-order valence-electron chi connectivity index (χ3n) is 3.85. The minimum absolute atomic E-state index is 0.108. The van der Waals surface area contributed by atoms with E-state index in [-0.39, 0.29) is 18.0 Å². The normalized spacial score (nSPS) is 11.9. The van der Waals surface area contributed by atoms with Crippen LogP contribution in [0.2, 0.25) is 0 Å². The van der Waals surface area contributed by atoms with Gasteiger partial charge in [-0.05, 0) is 36.4 Å². The van der Waals surface area contributed by atoms with Gasteiger partial charge in [-0.2, -0.15) is 0 Å². The monoisotopic (exact) mass is 369 g/mol. The van der Waals surface area contributed by atoms with Crippen LogP contribution in [0.15, 0.2) is 54.7 Å². The van der Waals surface area contributed by atoms with Gasteiger partial charge in [-0.3, -0.25) is 4.79 Å². The van der Waals surface area contributed by atoms with Crippen molar-refractivity contribution in [1.82, 2.24) is 4.98 Å². The van der Waals surface area contributed by atoms with Gasteiger partial charge in [-0.25, -0.2) is 13.8 Å². The van der Waals surface area contributed by atoms with Gasteiger partial charge in [0.25, 0.3) is 5.91 Å². The quantitative estimate of drug-likeness (QED) is 0.725. The fraction of sp³-hybridized carbons (Fsp3) is 0.0526. The number of halogens is 2. The molecule has 1 aliphatic rings. The molecule has 0 unspecified atom stereocenters. The van der Waals surface area contributed by atoms with Crippen molar-refractivity contribution in [2.75, 3.05) is 17.4 Å². The van der Waals surface area contributed by atoms with Crippen molar-refractivity contribution in [3.8, 4) is 11.5 Å². The van der Waals surface area contributed by atoms with Gasteiger partial charge in [0.05, 0.1) is 5.69 Å². The minimum Gasteiger partial charge on any atom is -0.454 e. The van der Waals surface area contributed by atoms with Gasteiger partial charge < -0.3 is 20.1 Å². The SMILES string of the molecule is O=C(Nc1ccc(F)cc1F)c1ccnc(Nc2ccc3c(c2)OCO3)c1. The van der Waals surface area contributed by atoms with Crippen LogP contribution >= 0.6 is 0 Å². The van der Waals surface area contributed by atoms with Crippen molar-refractivity contribution < 1.29 is 23.0 Å². The maximum Gasteiger partial charge on any atom is 0.255 e. The predicted molar refractivity (Wildman–Crippen MR) is 94.4 cm³/mol. The lowest BCUT2D eigenvalue weighted by molar-refractivity contribution is 0.102. The molecule has 0 spiro atoms. The molecule has 4 rings (SSSR count). The van der Waals surface area contributed by atoms with Crippen LogP contribution < -0.4 is 20.1 Å². The number of hydrogen-bond acceptors (Lipinski definition) is 5. The summed E-state index contributed by atoms with van der Waals surface area (Å²) in [5.74, 6) is -0.429. The largest absolute Gasteiger partial charge is 0.454 e. The topological polar surface area (TPSA) is 72.5 Å². The minimum atomic E-state index is -0.851. The molecule has 0 bridgehead atoms. The number of aromatic nitrogens is 1. The Bertz CT molecular complexity index is 1030. The molecule has 2 aromatic carbocycles. The summed E-state index contributed by atoms with van der Waals surface area (Å²) >= 11 is 0. The van der Waals surface area contributed by atoms with Crippen LogP contribution in [0.5, 0.6) is 11.5 Å². The van der Waals surface area contributed by atoms with Gasteiger partial charge in [0, 0.05) is 29.6 Å². The Kier molecular flexibility index (Phi) is 4.29. The molecule has 3 aromatic rings. The molecule has 1 aliphatic heterocycles. The number of amides is 1. The number of carbonyl (C=O) groups excluding carboxylic acids is 1. The first-order valence-corrected chi connectivity index (χ1v) is 7.97. The number of fused-ring (bicyclic) bond motifs is 1. The molecule has 8 heteroatoms. The highest BCUT2D eigenvalue weighted by Crippen LogP contribution is 2.34. The molecule has 1 aromatic heterocycles. The number of hydrogen-bond donors (Lipinski definition) is 2. The first kappa shape index (κ1) is 16.8. The first-order chi connectivity index (χ1) is 13.1. The third kappa shape index (κ3) is 3.64. The molecule has 136 valence electrons. The number of nitrogens with one attached hydrogen (secondary N) is 2. The molecule has 6 nitrogen and oxygen atoms in total. The van der Waals surface area contributed by atoms with Crippen LogP contribution in [0.25, 0.3) is 0 Å². The number of benzene rings is 2. The van der Waals surface area contributed by atoms with E-state index in [9.17, 15) is 13.6 Å². The maximum absolute atomic E-state index is 13.7. The molecular formula is C19H13F2N3O3. The van der Waals surface area contributed by atoms with E-state index < -0.39 is 17.5 Å². The summed E-state index contributed by atoms with van der Waals surface area (Å²) in [7, 11) is 0. The van der Waals surface area contributed by atoms with E-state index in [2.05, 4.69) is 15.6 Å². The Morgan fingerprint density at radius 2 is 1.85 bits per heavy atom. The summed E-state index contributed by atoms with van der Waals surface area (Å²) in [5, 5.41) is 5.47. The Labute approximate surface area is 152 Å². The molecule has 0 saturated heterocycles. The van der Waals surface area contributed by atoms with Crippen LogP contribution in [0.3, 0.4) is 0 Å². The molecular weight excluding hydrogens is 356 g/mol. The number of pyridine rings is 1. The van der Waals surface area contributed by atoms with E-state index in [0.717, 1.165) is 12.1 Å². The molecule has 0 atom stereocenters. The highest BCUT2D eigenvalue weighted by Gasteiger charge is 2.14. The van der Waals surface area contributed by atoms with Crippen LogP contribution in [0, 0.1) is 11.6 Å². The van der Waals surface area contributed by atoms with Gasteiger partial charge in [-0.1, -0.05) is 0 Å². The molecule has 0 saturated carbocycles. The van der Waals surface area contributed by atoms with E-state index >= 15 is 0 Å². The predicted octanol–water partition coefficient (Wildman–Crippen LogP) is 4.08. The number of anilines is 3. The highest BCUT2D eigenvalue weighted by atomic mass is 19.1. The summed E-state index contributed by atoms with van der Waals surface area (Å²) in [6, 6.07) is 11.2. The smallest absolute Gasteiger partial charge is 0.255 e. The average molecular weight is 369 g/mol. The lowest BCUT2D eigenvalue weighted by atomic mass is 10.2. The summed E-state index contributed by atoms with van der Waals surface area (Å²) in [6.07, 6.45) is 1.45. The molecule has 0 aliphatic carbocycles. The van der Waals surface area contributed by atoms with Crippen molar-refractivity contribution in [3.05, 3.63) is 71.9 Å². The number of rotatable bonds is 4. The second-order valence-electron chi connectivity index (χ2n) is 5.70. The standard InChI is InChI=1S/C19H13F2N3O3/c20-12-1-3-15(14(21)8-12)24-19(25)11-5-6-22-18(7-11)23-13-2-4-16-17(9-13)27-10-26-16/h1-9H,10H2,(H,22,23)(H,24,25). The fourth-order valence-electron chi connectivity index (χ4n) is 2.55. The summed E-state index contributed by atoms with van der Waals surface area (Å²) < 4.78 is 37.2. The molecule has 0 fully saturated rings. The summed E-state index contributed by atoms with van der Waals surface area (Å²) in [5.41, 5.74) is 0.856. The molecule has 0 radical (unpaired) electrons. The van der Waals surface area contributed by atoms with Gasteiger partial charge in [0.2, 0.25) is 6.79 Å². The lowest BCUT2D eigenvalue weighted by Gasteiger charge is -2.09. The third-order valence-corrected chi connectivity index (χ3v) is 3.85. The highest BCUT2D eigenvalue weighted by molar-refractivity contribution is 6.04. The van der Waals surface area contributed by atoms with Gasteiger partial charge in [-0.15, -0.1) is 0 Å².